The molecule has 1 aliphatic heterocycles. The minimum atomic E-state index is -1.07. The Bertz CT molecular complexity index is 1250. The molecule has 184 valence electrons. The standard InChI is InChI=1S/C23H25ClN6O4S/c1-23(2,34-16-6-4-3-5-14(16)24)22(33)30-9-7-13(8-10-30)21-28-15(11-35-21)20(32)29-19-17(18(25)31)26-12-27-19/h3-6,11-13H,7-10H2,1-2H3,(H2,25,31)(H,26,27)(H,29,32). The van der Waals surface area contributed by atoms with Crippen molar-refractivity contribution in [3.63, 3.8) is 0 Å². The third-order valence-electron chi connectivity index (χ3n) is 5.72. The van der Waals surface area contributed by atoms with Crippen molar-refractivity contribution < 1.29 is 19.1 Å². The highest BCUT2D eigenvalue weighted by molar-refractivity contribution is 7.10. The number of piperidine rings is 1. The van der Waals surface area contributed by atoms with Crippen molar-refractivity contribution in [1.82, 2.24) is 19.9 Å². The van der Waals surface area contributed by atoms with Crippen LogP contribution in [0.3, 0.4) is 0 Å². The number of amides is 3. The maximum atomic E-state index is 13.1. The van der Waals surface area contributed by atoms with Crippen LogP contribution in [0.15, 0.2) is 36.0 Å². The summed E-state index contributed by atoms with van der Waals surface area (Å²) in [5, 5.41) is 5.50. The first-order valence-electron chi connectivity index (χ1n) is 11.0. The van der Waals surface area contributed by atoms with Crippen LogP contribution in [0, 0.1) is 0 Å². The maximum Gasteiger partial charge on any atom is 0.276 e. The summed E-state index contributed by atoms with van der Waals surface area (Å²) in [6, 6.07) is 7.07. The first kappa shape index (κ1) is 24.7. The van der Waals surface area contributed by atoms with Gasteiger partial charge in [0.05, 0.1) is 16.4 Å². The molecule has 1 fully saturated rings. The second-order valence-electron chi connectivity index (χ2n) is 8.62. The number of hydrogen-bond acceptors (Lipinski definition) is 7. The second-order valence-corrected chi connectivity index (χ2v) is 9.92. The quantitative estimate of drug-likeness (QED) is 0.439. The lowest BCUT2D eigenvalue weighted by atomic mass is 9.96. The molecule has 0 unspecified atom stereocenters. The number of nitrogens with two attached hydrogens (primary N) is 1. The highest BCUT2D eigenvalue weighted by Crippen LogP contribution is 2.33. The van der Waals surface area contributed by atoms with E-state index < -0.39 is 17.4 Å². The number of carbonyl (C=O) groups is 3. The van der Waals surface area contributed by atoms with Crippen LogP contribution >= 0.6 is 22.9 Å². The summed E-state index contributed by atoms with van der Waals surface area (Å²) in [5.74, 6) is -0.657. The average molecular weight is 517 g/mol. The Kier molecular flexibility index (Phi) is 7.08. The number of halogens is 1. The number of thiazole rings is 1. The number of benzene rings is 1. The van der Waals surface area contributed by atoms with Crippen LogP contribution in [0.4, 0.5) is 5.82 Å². The van der Waals surface area contributed by atoms with E-state index in [4.69, 9.17) is 22.1 Å². The Hall–Kier alpha value is -3.44. The van der Waals surface area contributed by atoms with Gasteiger partial charge in [0.2, 0.25) is 0 Å². The van der Waals surface area contributed by atoms with E-state index in [0.29, 0.717) is 36.7 Å². The number of nitrogens with one attached hydrogen (secondary N) is 2. The number of H-pyrrole nitrogens is 1. The van der Waals surface area contributed by atoms with Gasteiger partial charge in [-0.3, -0.25) is 14.4 Å². The molecule has 12 heteroatoms. The number of para-hydroxylation sites is 1. The summed E-state index contributed by atoms with van der Waals surface area (Å²) in [5.41, 5.74) is 4.45. The molecular formula is C23H25ClN6O4S. The number of aromatic nitrogens is 3. The number of ether oxygens (including phenoxy) is 1. The van der Waals surface area contributed by atoms with Crippen LogP contribution in [0.2, 0.25) is 5.02 Å². The number of primary amides is 1. The van der Waals surface area contributed by atoms with Gasteiger partial charge in [-0.25, -0.2) is 9.97 Å². The lowest BCUT2D eigenvalue weighted by Gasteiger charge is -2.36. The first-order valence-corrected chi connectivity index (χ1v) is 12.2. The average Bonchev–Trinajstić information content (AvgIpc) is 3.50. The van der Waals surface area contributed by atoms with Gasteiger partial charge >= 0.3 is 0 Å². The monoisotopic (exact) mass is 516 g/mol. The predicted molar refractivity (Wildman–Crippen MR) is 132 cm³/mol. The van der Waals surface area contributed by atoms with E-state index in [1.54, 1.807) is 48.4 Å². The van der Waals surface area contributed by atoms with Crippen LogP contribution in [0.1, 0.15) is 58.6 Å². The Morgan fingerprint density at radius 3 is 2.66 bits per heavy atom. The Balaban J connectivity index is 1.34. The van der Waals surface area contributed by atoms with Crippen molar-refractivity contribution >= 4 is 46.5 Å². The first-order chi connectivity index (χ1) is 16.7. The molecule has 0 radical (unpaired) electrons. The summed E-state index contributed by atoms with van der Waals surface area (Å²) in [7, 11) is 0. The van der Waals surface area contributed by atoms with E-state index >= 15 is 0 Å². The van der Waals surface area contributed by atoms with E-state index in [1.165, 1.54) is 17.7 Å². The zero-order chi connectivity index (χ0) is 25.2. The van der Waals surface area contributed by atoms with Gasteiger partial charge in [0.1, 0.15) is 17.1 Å². The Labute approximate surface area is 210 Å². The second kappa shape index (κ2) is 10.0. The Morgan fingerprint density at radius 1 is 1.26 bits per heavy atom. The van der Waals surface area contributed by atoms with Crippen molar-refractivity contribution in [2.45, 2.75) is 38.2 Å². The zero-order valence-electron chi connectivity index (χ0n) is 19.2. The number of anilines is 1. The van der Waals surface area contributed by atoms with Gasteiger partial charge in [0.25, 0.3) is 17.7 Å². The number of imidazole rings is 1. The molecule has 4 N–H and O–H groups in total. The number of carbonyl (C=O) groups excluding carboxylic acids is 3. The van der Waals surface area contributed by atoms with Gasteiger partial charge < -0.3 is 25.7 Å². The molecule has 0 atom stereocenters. The van der Waals surface area contributed by atoms with Crippen molar-refractivity contribution in [2.75, 3.05) is 18.4 Å². The minimum Gasteiger partial charge on any atom is -0.476 e. The zero-order valence-corrected chi connectivity index (χ0v) is 20.8. The third-order valence-corrected chi connectivity index (χ3v) is 7.04. The summed E-state index contributed by atoms with van der Waals surface area (Å²) >= 11 is 7.57. The summed E-state index contributed by atoms with van der Waals surface area (Å²) in [6.45, 7) is 4.57. The number of likely N-dealkylation sites (tertiary alicyclic amines) is 1. The molecule has 1 saturated heterocycles. The SMILES string of the molecule is CC(C)(Oc1ccccc1Cl)C(=O)N1CCC(c2nc(C(=O)Nc3nc[nH]c3C(N)=O)cs2)CC1. The van der Waals surface area contributed by atoms with Crippen molar-refractivity contribution in [2.24, 2.45) is 5.73 Å². The molecule has 3 heterocycles. The van der Waals surface area contributed by atoms with Gasteiger partial charge in [0.15, 0.2) is 11.4 Å². The Morgan fingerprint density at radius 2 is 1.97 bits per heavy atom. The fourth-order valence-electron chi connectivity index (χ4n) is 3.88. The molecule has 35 heavy (non-hydrogen) atoms. The number of nitrogens with zero attached hydrogens (tertiary/aromatic N) is 3. The van der Waals surface area contributed by atoms with Gasteiger partial charge in [-0.2, -0.15) is 0 Å². The molecule has 1 aromatic carbocycles. The summed E-state index contributed by atoms with van der Waals surface area (Å²) in [4.78, 5) is 49.9. The van der Waals surface area contributed by atoms with Crippen molar-refractivity contribution in [1.29, 1.82) is 0 Å². The highest BCUT2D eigenvalue weighted by Gasteiger charge is 2.37. The van der Waals surface area contributed by atoms with E-state index in [9.17, 15) is 14.4 Å². The van der Waals surface area contributed by atoms with E-state index in [2.05, 4.69) is 20.3 Å². The smallest absolute Gasteiger partial charge is 0.276 e. The predicted octanol–water partition coefficient (Wildman–Crippen LogP) is 3.43. The van der Waals surface area contributed by atoms with Gasteiger partial charge in [-0.05, 0) is 38.8 Å². The summed E-state index contributed by atoms with van der Waals surface area (Å²) < 4.78 is 5.94. The molecule has 0 bridgehead atoms. The van der Waals surface area contributed by atoms with Gasteiger partial charge in [-0.1, -0.05) is 23.7 Å². The van der Waals surface area contributed by atoms with Crippen LogP contribution in [0.5, 0.6) is 5.75 Å². The largest absolute Gasteiger partial charge is 0.476 e. The fraction of sp³-hybridized carbons (Fsp3) is 0.348. The third kappa shape index (κ3) is 5.46. The van der Waals surface area contributed by atoms with E-state index in [0.717, 1.165) is 5.01 Å². The van der Waals surface area contributed by atoms with Crippen molar-refractivity contribution in [3.05, 3.63) is 57.4 Å². The molecule has 10 nitrogen and oxygen atoms in total. The van der Waals surface area contributed by atoms with Gasteiger partial charge in [-0.15, -0.1) is 11.3 Å². The van der Waals surface area contributed by atoms with Crippen LogP contribution in [-0.2, 0) is 4.79 Å². The van der Waals surface area contributed by atoms with E-state index in [-0.39, 0.29) is 29.0 Å². The number of rotatable bonds is 7. The molecule has 0 aliphatic carbocycles. The maximum absolute atomic E-state index is 13.1. The molecule has 4 rings (SSSR count). The number of hydrogen-bond donors (Lipinski definition) is 3. The fourth-order valence-corrected chi connectivity index (χ4v) is 5.03. The van der Waals surface area contributed by atoms with Crippen molar-refractivity contribution in [3.8, 4) is 5.75 Å². The van der Waals surface area contributed by atoms with Crippen LogP contribution in [-0.4, -0.2) is 56.3 Å². The van der Waals surface area contributed by atoms with Gasteiger partial charge in [0, 0.05) is 24.4 Å². The molecule has 0 saturated carbocycles. The highest BCUT2D eigenvalue weighted by atomic mass is 35.5. The van der Waals surface area contributed by atoms with Crippen LogP contribution < -0.4 is 15.8 Å². The normalized spacial score (nSPS) is 14.5. The molecule has 1 aliphatic rings. The molecular weight excluding hydrogens is 492 g/mol. The lowest BCUT2D eigenvalue weighted by Crippen LogP contribution is -2.51. The molecule has 0 spiro atoms. The molecule has 3 amide bonds. The topological polar surface area (TPSA) is 143 Å². The minimum absolute atomic E-state index is 0.0206. The summed E-state index contributed by atoms with van der Waals surface area (Å²) in [6.07, 6.45) is 2.71. The molecule has 2 aromatic heterocycles. The number of aromatic amines is 1. The van der Waals surface area contributed by atoms with E-state index in [1.807, 2.05) is 0 Å². The van der Waals surface area contributed by atoms with Crippen LogP contribution in [0.25, 0.3) is 0 Å². The molecule has 3 aromatic rings. The lowest BCUT2D eigenvalue weighted by molar-refractivity contribution is -0.146.